The average molecular weight is 415 g/mol. The fourth-order valence-electron chi connectivity index (χ4n) is 3.70. The Morgan fingerprint density at radius 3 is 2.43 bits per heavy atom. The number of nitrogens with zero attached hydrogens (tertiary/aromatic N) is 2. The second kappa shape index (κ2) is 8.39. The lowest BCUT2D eigenvalue weighted by Crippen LogP contribution is -1.92. The topological polar surface area (TPSA) is 48.1 Å². The van der Waals surface area contributed by atoms with Gasteiger partial charge in [-0.05, 0) is 36.8 Å². The van der Waals surface area contributed by atoms with Crippen molar-refractivity contribution in [2.45, 2.75) is 6.92 Å². The predicted octanol–water partition coefficient (Wildman–Crippen LogP) is 7.54. The highest BCUT2D eigenvalue weighted by Gasteiger charge is 2.19. The van der Waals surface area contributed by atoms with Gasteiger partial charge in [-0.15, -0.1) is 0 Å². The molecule has 0 unspecified atom stereocenters. The van der Waals surface area contributed by atoms with Crippen LogP contribution in [0.4, 0.5) is 5.69 Å². The van der Waals surface area contributed by atoms with Crippen molar-refractivity contribution in [1.29, 1.82) is 0 Å². The Balaban J connectivity index is 2.05. The summed E-state index contributed by atoms with van der Waals surface area (Å²) in [4.78, 5) is 11.3. The van der Waals surface area contributed by atoms with Crippen LogP contribution in [-0.2, 0) is 0 Å². The van der Waals surface area contributed by atoms with Gasteiger partial charge in [0.15, 0.2) is 0 Å². The summed E-state index contributed by atoms with van der Waals surface area (Å²) in [6.07, 6.45) is 9.42. The first-order chi connectivity index (χ1) is 14.6. The number of nitro groups is 1. The van der Waals surface area contributed by atoms with Gasteiger partial charge < -0.3 is 4.57 Å². The lowest BCUT2D eigenvalue weighted by atomic mass is 9.98. The van der Waals surface area contributed by atoms with Gasteiger partial charge in [0.2, 0.25) is 0 Å². The predicted molar refractivity (Wildman–Crippen MR) is 126 cm³/mol. The molecule has 0 bridgehead atoms. The molecule has 0 aliphatic heterocycles. The molecule has 4 rings (SSSR count). The molecule has 0 atom stereocenters. The third-order valence-electron chi connectivity index (χ3n) is 4.94. The zero-order valence-corrected chi connectivity index (χ0v) is 17.1. The first-order valence-electron chi connectivity index (χ1n) is 9.54. The second-order valence-electron chi connectivity index (χ2n) is 6.76. The molecule has 0 saturated carbocycles. The Kier molecular flexibility index (Phi) is 5.50. The van der Waals surface area contributed by atoms with Gasteiger partial charge in [0, 0.05) is 23.0 Å². The fourth-order valence-corrected chi connectivity index (χ4v) is 3.87. The molecule has 3 aromatic carbocycles. The second-order valence-corrected chi connectivity index (χ2v) is 7.20. The number of allylic oxidation sites excluding steroid dienone is 5. The lowest BCUT2D eigenvalue weighted by Gasteiger charge is -2.06. The van der Waals surface area contributed by atoms with Gasteiger partial charge in [-0.25, -0.2) is 0 Å². The van der Waals surface area contributed by atoms with E-state index in [0.717, 1.165) is 27.4 Å². The van der Waals surface area contributed by atoms with Crippen molar-refractivity contribution in [3.05, 3.63) is 106 Å². The van der Waals surface area contributed by atoms with Crippen LogP contribution in [0.5, 0.6) is 0 Å². The third kappa shape index (κ3) is 3.53. The van der Waals surface area contributed by atoms with E-state index in [0.29, 0.717) is 10.6 Å². The van der Waals surface area contributed by atoms with E-state index >= 15 is 0 Å². The maximum absolute atomic E-state index is 11.6. The number of halogens is 1. The maximum atomic E-state index is 11.6. The van der Waals surface area contributed by atoms with Crippen molar-refractivity contribution >= 4 is 45.3 Å². The minimum absolute atomic E-state index is 0.0877. The van der Waals surface area contributed by atoms with Crippen molar-refractivity contribution in [1.82, 2.24) is 4.57 Å². The smallest absolute Gasteiger partial charge is 0.277 e. The lowest BCUT2D eigenvalue weighted by molar-refractivity contribution is -0.384. The van der Waals surface area contributed by atoms with E-state index in [-0.39, 0.29) is 10.6 Å². The normalized spacial score (nSPS) is 12.5. The van der Waals surface area contributed by atoms with Crippen LogP contribution in [0.1, 0.15) is 6.92 Å². The summed E-state index contributed by atoms with van der Waals surface area (Å²) in [6, 6.07) is 20.7. The van der Waals surface area contributed by atoms with Crippen LogP contribution in [0, 0.1) is 10.1 Å². The summed E-state index contributed by atoms with van der Waals surface area (Å²) in [7, 11) is 0. The molecule has 0 aliphatic carbocycles. The zero-order valence-electron chi connectivity index (χ0n) is 16.3. The molecule has 0 aliphatic rings. The first-order valence-corrected chi connectivity index (χ1v) is 9.91. The molecular weight excluding hydrogens is 396 g/mol. The summed E-state index contributed by atoms with van der Waals surface area (Å²) in [5.41, 5.74) is 3.42. The first kappa shape index (κ1) is 19.7. The Labute approximate surface area is 179 Å². The third-order valence-corrected chi connectivity index (χ3v) is 5.16. The number of nitro benzene ring substituents is 1. The van der Waals surface area contributed by atoms with Crippen molar-refractivity contribution in [3.8, 4) is 11.1 Å². The van der Waals surface area contributed by atoms with Crippen LogP contribution in [0.3, 0.4) is 0 Å². The van der Waals surface area contributed by atoms with Gasteiger partial charge >= 0.3 is 0 Å². The van der Waals surface area contributed by atoms with Gasteiger partial charge in [-0.1, -0.05) is 72.3 Å². The standard InChI is InChI=1S/C25H19ClN2O2/c1-2-3-4-10-18(26)17-27-22-14-7-6-12-21(22)25-20(13-9-16-24(25)27)19-11-5-8-15-23(19)28(29)30/h2-17H,1H3/b3-2-,10-4-,18-17-. The molecule has 30 heavy (non-hydrogen) atoms. The van der Waals surface area contributed by atoms with Crippen molar-refractivity contribution < 1.29 is 4.92 Å². The molecule has 0 spiro atoms. The molecule has 5 heteroatoms. The van der Waals surface area contributed by atoms with E-state index in [2.05, 4.69) is 0 Å². The van der Waals surface area contributed by atoms with E-state index in [1.165, 1.54) is 6.07 Å². The van der Waals surface area contributed by atoms with E-state index in [4.69, 9.17) is 11.6 Å². The van der Waals surface area contributed by atoms with Gasteiger partial charge in [-0.3, -0.25) is 10.1 Å². The van der Waals surface area contributed by atoms with Gasteiger partial charge in [0.05, 0.1) is 26.6 Å². The Hall–Kier alpha value is -3.63. The van der Waals surface area contributed by atoms with E-state index in [9.17, 15) is 10.1 Å². The largest absolute Gasteiger partial charge is 0.314 e. The molecule has 1 aromatic heterocycles. The zero-order chi connectivity index (χ0) is 21.1. The summed E-state index contributed by atoms with van der Waals surface area (Å²) < 4.78 is 2.03. The SMILES string of the molecule is C\C=C/C=C\C(Cl)=C\n1c2ccccc2c2c(-c3ccccc3[N+](=O)[O-])cccc21. The van der Waals surface area contributed by atoms with Gasteiger partial charge in [0.25, 0.3) is 5.69 Å². The van der Waals surface area contributed by atoms with E-state index in [1.807, 2.05) is 90.5 Å². The molecule has 0 fully saturated rings. The highest BCUT2D eigenvalue weighted by atomic mass is 35.5. The number of rotatable bonds is 5. The Morgan fingerprint density at radius 2 is 1.63 bits per heavy atom. The number of hydrogen-bond donors (Lipinski definition) is 0. The molecule has 4 aromatic rings. The molecular formula is C25H19ClN2O2. The molecule has 0 radical (unpaired) electrons. The Morgan fingerprint density at radius 1 is 0.933 bits per heavy atom. The molecule has 0 N–H and O–H groups in total. The molecule has 0 amide bonds. The quantitative estimate of drug-likeness (QED) is 0.192. The Bertz CT molecular complexity index is 1350. The highest BCUT2D eigenvalue weighted by molar-refractivity contribution is 6.33. The summed E-state index contributed by atoms with van der Waals surface area (Å²) in [6.45, 7) is 1.94. The summed E-state index contributed by atoms with van der Waals surface area (Å²) >= 11 is 6.46. The van der Waals surface area contributed by atoms with Crippen LogP contribution in [-0.4, -0.2) is 9.49 Å². The molecule has 0 saturated heterocycles. The summed E-state index contributed by atoms with van der Waals surface area (Å²) in [5, 5.41) is 14.2. The van der Waals surface area contributed by atoms with Crippen LogP contribution >= 0.6 is 11.6 Å². The molecule has 4 nitrogen and oxygen atoms in total. The monoisotopic (exact) mass is 414 g/mol. The molecule has 148 valence electrons. The number of fused-ring (bicyclic) bond motifs is 3. The number of benzene rings is 3. The fraction of sp³-hybridized carbons (Fsp3) is 0.0400. The van der Waals surface area contributed by atoms with E-state index in [1.54, 1.807) is 12.1 Å². The van der Waals surface area contributed by atoms with Crippen LogP contribution < -0.4 is 0 Å². The van der Waals surface area contributed by atoms with Crippen LogP contribution in [0.2, 0.25) is 0 Å². The van der Waals surface area contributed by atoms with Crippen molar-refractivity contribution in [2.24, 2.45) is 0 Å². The van der Waals surface area contributed by atoms with Crippen LogP contribution in [0.25, 0.3) is 39.1 Å². The number of hydrogen-bond acceptors (Lipinski definition) is 2. The van der Waals surface area contributed by atoms with Crippen molar-refractivity contribution in [2.75, 3.05) is 0 Å². The minimum Gasteiger partial charge on any atom is -0.314 e. The maximum Gasteiger partial charge on any atom is 0.277 e. The average Bonchev–Trinajstić information content (AvgIpc) is 3.08. The number of para-hydroxylation sites is 2. The minimum atomic E-state index is -0.337. The van der Waals surface area contributed by atoms with Gasteiger partial charge in [-0.2, -0.15) is 0 Å². The van der Waals surface area contributed by atoms with Crippen LogP contribution in [0.15, 0.2) is 96.1 Å². The molecule has 1 heterocycles. The number of aromatic nitrogens is 1. The highest BCUT2D eigenvalue weighted by Crippen LogP contribution is 2.40. The van der Waals surface area contributed by atoms with Crippen molar-refractivity contribution in [3.63, 3.8) is 0 Å². The van der Waals surface area contributed by atoms with Gasteiger partial charge in [0.1, 0.15) is 0 Å². The van der Waals surface area contributed by atoms with E-state index < -0.39 is 0 Å². The summed E-state index contributed by atoms with van der Waals surface area (Å²) in [5.74, 6) is 0.